The van der Waals surface area contributed by atoms with E-state index in [-0.39, 0.29) is 29.6 Å². The summed E-state index contributed by atoms with van der Waals surface area (Å²) in [6.07, 6.45) is 1.27. The van der Waals surface area contributed by atoms with Crippen molar-refractivity contribution in [1.82, 2.24) is 10.2 Å². The van der Waals surface area contributed by atoms with Crippen LogP contribution < -0.4 is 5.32 Å². The summed E-state index contributed by atoms with van der Waals surface area (Å²) in [6.45, 7) is 8.69. The Morgan fingerprint density at radius 1 is 1.09 bits per heavy atom. The van der Waals surface area contributed by atoms with Crippen LogP contribution in [0.1, 0.15) is 40.5 Å². The summed E-state index contributed by atoms with van der Waals surface area (Å²) < 4.78 is 4.73. The molecule has 0 aromatic carbocycles. The molecule has 1 unspecified atom stereocenters. The Morgan fingerprint density at radius 3 is 2.05 bits per heavy atom. The lowest BCUT2D eigenvalue weighted by atomic mass is 9.94. The van der Waals surface area contributed by atoms with Crippen molar-refractivity contribution >= 4 is 17.8 Å². The molecule has 0 aliphatic carbocycles. The third-order valence-electron chi connectivity index (χ3n) is 4.09. The Bertz CT molecular complexity index is 412. The van der Waals surface area contributed by atoms with Gasteiger partial charge in [0, 0.05) is 24.9 Å². The lowest BCUT2D eigenvalue weighted by molar-refractivity contribution is -0.147. The molecule has 1 rings (SSSR count). The van der Waals surface area contributed by atoms with E-state index in [1.807, 2.05) is 32.6 Å². The SMILES string of the molecule is COC(=O)C(NC(=O)C1CCN(C(=O)C(C)C)CC1)C(C)C. The maximum atomic E-state index is 12.3. The smallest absolute Gasteiger partial charge is 0.328 e. The van der Waals surface area contributed by atoms with E-state index in [1.54, 1.807) is 0 Å². The van der Waals surface area contributed by atoms with Gasteiger partial charge in [-0.3, -0.25) is 9.59 Å². The molecule has 1 atom stereocenters. The van der Waals surface area contributed by atoms with Crippen LogP contribution in [-0.2, 0) is 19.1 Å². The summed E-state index contributed by atoms with van der Waals surface area (Å²) in [4.78, 5) is 37.8. The molecule has 0 saturated carbocycles. The van der Waals surface area contributed by atoms with E-state index in [4.69, 9.17) is 4.74 Å². The number of esters is 1. The number of nitrogens with one attached hydrogen (secondary N) is 1. The van der Waals surface area contributed by atoms with Gasteiger partial charge in [0.1, 0.15) is 6.04 Å². The lowest BCUT2D eigenvalue weighted by Crippen LogP contribution is -2.50. The van der Waals surface area contributed by atoms with Crippen LogP contribution in [0, 0.1) is 17.8 Å². The Labute approximate surface area is 132 Å². The fourth-order valence-electron chi connectivity index (χ4n) is 2.62. The molecule has 0 aromatic heterocycles. The van der Waals surface area contributed by atoms with Gasteiger partial charge < -0.3 is 15.0 Å². The molecule has 1 heterocycles. The molecule has 126 valence electrons. The molecule has 1 saturated heterocycles. The van der Waals surface area contributed by atoms with Gasteiger partial charge in [-0.05, 0) is 18.8 Å². The van der Waals surface area contributed by atoms with Crippen LogP contribution in [0.4, 0.5) is 0 Å². The van der Waals surface area contributed by atoms with Crippen LogP contribution in [0.3, 0.4) is 0 Å². The quantitative estimate of drug-likeness (QED) is 0.774. The number of hydrogen-bond acceptors (Lipinski definition) is 4. The number of hydrogen-bond donors (Lipinski definition) is 1. The van der Waals surface area contributed by atoms with Crippen molar-refractivity contribution in [1.29, 1.82) is 0 Å². The largest absolute Gasteiger partial charge is 0.467 e. The number of ether oxygens (including phenoxy) is 1. The number of nitrogens with zero attached hydrogens (tertiary/aromatic N) is 1. The zero-order chi connectivity index (χ0) is 16.9. The number of piperidine rings is 1. The summed E-state index contributed by atoms with van der Waals surface area (Å²) >= 11 is 0. The molecule has 1 aliphatic heterocycles. The molecule has 1 fully saturated rings. The third kappa shape index (κ3) is 4.71. The number of methoxy groups -OCH3 is 1. The van der Waals surface area contributed by atoms with Crippen molar-refractivity contribution in [3.05, 3.63) is 0 Å². The van der Waals surface area contributed by atoms with Gasteiger partial charge in [-0.15, -0.1) is 0 Å². The van der Waals surface area contributed by atoms with Crippen LogP contribution in [0.25, 0.3) is 0 Å². The molecule has 0 bridgehead atoms. The maximum absolute atomic E-state index is 12.3. The van der Waals surface area contributed by atoms with Gasteiger partial charge in [0.25, 0.3) is 0 Å². The standard InChI is InChI=1S/C16H28N2O4/c1-10(2)13(16(21)22-5)17-14(19)12-6-8-18(9-7-12)15(20)11(3)4/h10-13H,6-9H2,1-5H3,(H,17,19). The monoisotopic (exact) mass is 312 g/mol. The summed E-state index contributed by atoms with van der Waals surface area (Å²) in [6, 6.07) is -0.618. The molecule has 0 aromatic rings. The van der Waals surface area contributed by atoms with Crippen molar-refractivity contribution in [2.24, 2.45) is 17.8 Å². The normalized spacial score (nSPS) is 17.5. The van der Waals surface area contributed by atoms with Gasteiger partial charge in [-0.25, -0.2) is 4.79 Å². The van der Waals surface area contributed by atoms with Crippen LogP contribution in [0.5, 0.6) is 0 Å². The number of carbonyl (C=O) groups excluding carboxylic acids is 3. The zero-order valence-corrected chi connectivity index (χ0v) is 14.2. The number of carbonyl (C=O) groups is 3. The van der Waals surface area contributed by atoms with Crippen LogP contribution in [-0.4, -0.2) is 48.9 Å². The highest BCUT2D eigenvalue weighted by Gasteiger charge is 2.31. The molecule has 6 heteroatoms. The Balaban J connectivity index is 2.55. The Hall–Kier alpha value is -1.59. The highest BCUT2D eigenvalue weighted by Crippen LogP contribution is 2.19. The molecule has 2 amide bonds. The fourth-order valence-corrected chi connectivity index (χ4v) is 2.62. The molecule has 1 aliphatic rings. The predicted molar refractivity (Wildman–Crippen MR) is 82.9 cm³/mol. The Kier molecular flexibility index (Phi) is 6.84. The second-order valence-corrected chi connectivity index (χ2v) is 6.51. The number of rotatable bonds is 5. The van der Waals surface area contributed by atoms with Gasteiger partial charge in [-0.1, -0.05) is 27.7 Å². The van der Waals surface area contributed by atoms with Crippen molar-refractivity contribution < 1.29 is 19.1 Å². The van der Waals surface area contributed by atoms with E-state index in [1.165, 1.54) is 7.11 Å². The highest BCUT2D eigenvalue weighted by molar-refractivity contribution is 5.86. The van der Waals surface area contributed by atoms with Gasteiger partial charge in [-0.2, -0.15) is 0 Å². The van der Waals surface area contributed by atoms with E-state index in [0.29, 0.717) is 25.9 Å². The fraction of sp³-hybridized carbons (Fsp3) is 0.812. The summed E-state index contributed by atoms with van der Waals surface area (Å²) in [7, 11) is 1.32. The van der Waals surface area contributed by atoms with E-state index in [2.05, 4.69) is 5.32 Å². The molecule has 6 nitrogen and oxygen atoms in total. The molecular formula is C16H28N2O4. The first-order valence-electron chi connectivity index (χ1n) is 7.94. The van der Waals surface area contributed by atoms with E-state index in [9.17, 15) is 14.4 Å². The highest BCUT2D eigenvalue weighted by atomic mass is 16.5. The van der Waals surface area contributed by atoms with E-state index in [0.717, 1.165) is 0 Å². The van der Waals surface area contributed by atoms with Crippen molar-refractivity contribution in [2.75, 3.05) is 20.2 Å². The van der Waals surface area contributed by atoms with E-state index >= 15 is 0 Å². The first-order chi connectivity index (χ1) is 10.3. The van der Waals surface area contributed by atoms with E-state index < -0.39 is 12.0 Å². The van der Waals surface area contributed by atoms with Gasteiger partial charge in [0.2, 0.25) is 11.8 Å². The van der Waals surface area contributed by atoms with Crippen LogP contribution in [0.2, 0.25) is 0 Å². The van der Waals surface area contributed by atoms with Crippen LogP contribution >= 0.6 is 0 Å². The maximum Gasteiger partial charge on any atom is 0.328 e. The second kappa shape index (κ2) is 8.15. The van der Waals surface area contributed by atoms with Gasteiger partial charge in [0.05, 0.1) is 7.11 Å². The van der Waals surface area contributed by atoms with Crippen molar-refractivity contribution in [3.63, 3.8) is 0 Å². The number of amides is 2. The minimum atomic E-state index is -0.618. The average Bonchev–Trinajstić information content (AvgIpc) is 2.50. The van der Waals surface area contributed by atoms with Crippen molar-refractivity contribution in [3.8, 4) is 0 Å². The zero-order valence-electron chi connectivity index (χ0n) is 14.2. The summed E-state index contributed by atoms with van der Waals surface area (Å²) in [5.41, 5.74) is 0. The topological polar surface area (TPSA) is 75.7 Å². The van der Waals surface area contributed by atoms with Gasteiger partial charge in [0.15, 0.2) is 0 Å². The minimum absolute atomic E-state index is 0.0185. The van der Waals surface area contributed by atoms with Crippen LogP contribution in [0.15, 0.2) is 0 Å². The lowest BCUT2D eigenvalue weighted by Gasteiger charge is -2.33. The Morgan fingerprint density at radius 2 is 1.64 bits per heavy atom. The second-order valence-electron chi connectivity index (χ2n) is 6.51. The minimum Gasteiger partial charge on any atom is -0.467 e. The average molecular weight is 312 g/mol. The van der Waals surface area contributed by atoms with Gasteiger partial charge >= 0.3 is 5.97 Å². The first kappa shape index (κ1) is 18.5. The summed E-state index contributed by atoms with van der Waals surface area (Å²) in [5, 5.41) is 2.79. The molecular weight excluding hydrogens is 284 g/mol. The molecule has 1 N–H and O–H groups in total. The van der Waals surface area contributed by atoms with Crippen molar-refractivity contribution in [2.45, 2.75) is 46.6 Å². The number of likely N-dealkylation sites (tertiary alicyclic amines) is 1. The predicted octanol–water partition coefficient (Wildman–Crippen LogP) is 1.19. The molecule has 22 heavy (non-hydrogen) atoms. The molecule has 0 spiro atoms. The summed E-state index contributed by atoms with van der Waals surface area (Å²) in [5.74, 6) is -0.610. The first-order valence-corrected chi connectivity index (χ1v) is 7.94. The third-order valence-corrected chi connectivity index (χ3v) is 4.09. The molecule has 0 radical (unpaired) electrons.